The normalized spacial score (nSPS) is 11.9. The molecule has 2 aromatic heterocycles. The average molecular weight is 542 g/mol. The molecule has 2 heterocycles. The summed E-state index contributed by atoms with van der Waals surface area (Å²) in [7, 11) is 0.200. The predicted molar refractivity (Wildman–Crippen MR) is 132 cm³/mol. The fourth-order valence-corrected chi connectivity index (χ4v) is 4.69. The summed E-state index contributed by atoms with van der Waals surface area (Å²) < 4.78 is 60.8. The van der Waals surface area contributed by atoms with Crippen molar-refractivity contribution >= 4 is 59.8 Å². The van der Waals surface area contributed by atoms with E-state index in [4.69, 9.17) is 9.90 Å². The van der Waals surface area contributed by atoms with Gasteiger partial charge >= 0.3 is 12.1 Å². The molecule has 0 unspecified atom stereocenters. The zero-order valence-electron chi connectivity index (χ0n) is 19.1. The van der Waals surface area contributed by atoms with Crippen LogP contribution in [0.2, 0.25) is 0 Å². The lowest BCUT2D eigenvalue weighted by atomic mass is 10.2. The number of carbonyl (C=O) groups is 1. The van der Waals surface area contributed by atoms with Crippen LogP contribution in [-0.4, -0.2) is 67.7 Å². The molecule has 9 nitrogen and oxygen atoms in total. The summed E-state index contributed by atoms with van der Waals surface area (Å²) in [5.41, 5.74) is 5.13. The topological polar surface area (TPSA) is 125 Å². The third-order valence-corrected chi connectivity index (χ3v) is 6.99. The SMILES string of the molecule is CN(C)CCNS(=O)(=O)c1ccc2nccc(Nc3ccc4scnc4c3)c2c1.O=C(O)C(F)(F)F. The number of hydrogen-bond acceptors (Lipinski definition) is 8. The van der Waals surface area contributed by atoms with Crippen molar-refractivity contribution in [2.45, 2.75) is 11.1 Å². The Balaban J connectivity index is 0.000000454. The lowest BCUT2D eigenvalue weighted by Gasteiger charge is -2.13. The largest absolute Gasteiger partial charge is 0.490 e. The molecule has 4 aromatic rings. The molecule has 0 radical (unpaired) electrons. The van der Waals surface area contributed by atoms with E-state index in [0.717, 1.165) is 32.5 Å². The fraction of sp³-hybridized carbons (Fsp3) is 0.227. The van der Waals surface area contributed by atoms with Gasteiger partial charge < -0.3 is 15.3 Å². The molecule has 4 rings (SSSR count). The van der Waals surface area contributed by atoms with E-state index in [2.05, 4.69) is 20.0 Å². The summed E-state index contributed by atoms with van der Waals surface area (Å²) in [5, 5.41) is 11.2. The first kappa shape index (κ1) is 27.3. The molecule has 0 bridgehead atoms. The molecule has 0 aliphatic carbocycles. The van der Waals surface area contributed by atoms with Gasteiger partial charge in [0.15, 0.2) is 0 Å². The van der Waals surface area contributed by atoms with Gasteiger partial charge in [-0.3, -0.25) is 4.98 Å². The van der Waals surface area contributed by atoms with Crippen molar-refractivity contribution in [1.29, 1.82) is 0 Å². The Kier molecular flexibility index (Phi) is 8.45. The van der Waals surface area contributed by atoms with Crippen molar-refractivity contribution in [1.82, 2.24) is 19.6 Å². The first-order valence-corrected chi connectivity index (χ1v) is 12.7. The number of carboxylic acids is 1. The number of carboxylic acid groups (broad SMARTS) is 1. The van der Waals surface area contributed by atoms with Crippen LogP contribution in [0.25, 0.3) is 21.1 Å². The number of nitrogens with zero attached hydrogens (tertiary/aromatic N) is 3. The van der Waals surface area contributed by atoms with Crippen molar-refractivity contribution in [2.24, 2.45) is 0 Å². The first-order valence-electron chi connectivity index (χ1n) is 10.3. The van der Waals surface area contributed by atoms with Crippen LogP contribution >= 0.6 is 11.3 Å². The number of thiazole rings is 1. The quantitative estimate of drug-likeness (QED) is 0.320. The van der Waals surface area contributed by atoms with Gasteiger partial charge in [0.25, 0.3) is 0 Å². The highest BCUT2D eigenvalue weighted by molar-refractivity contribution is 7.89. The van der Waals surface area contributed by atoms with Gasteiger partial charge in [-0.15, -0.1) is 11.3 Å². The molecule has 192 valence electrons. The molecule has 3 N–H and O–H groups in total. The Morgan fingerprint density at radius 2 is 1.81 bits per heavy atom. The molecular formula is C22H22F3N5O4S2. The van der Waals surface area contributed by atoms with E-state index in [0.29, 0.717) is 13.1 Å². The Morgan fingerprint density at radius 3 is 2.47 bits per heavy atom. The van der Waals surface area contributed by atoms with Gasteiger partial charge in [0, 0.05) is 36.0 Å². The van der Waals surface area contributed by atoms with Crippen molar-refractivity contribution in [2.75, 3.05) is 32.5 Å². The molecule has 0 saturated heterocycles. The zero-order valence-corrected chi connectivity index (χ0v) is 20.7. The number of fused-ring (bicyclic) bond motifs is 2. The minimum atomic E-state index is -5.08. The van der Waals surface area contributed by atoms with Crippen LogP contribution in [0.15, 0.2) is 59.1 Å². The van der Waals surface area contributed by atoms with Gasteiger partial charge in [-0.1, -0.05) is 0 Å². The summed E-state index contributed by atoms with van der Waals surface area (Å²) in [6, 6.07) is 12.8. The number of benzene rings is 2. The van der Waals surface area contributed by atoms with Crippen molar-refractivity contribution in [3.8, 4) is 0 Å². The summed E-state index contributed by atoms with van der Waals surface area (Å²) in [4.78, 5) is 19.7. The maximum Gasteiger partial charge on any atom is 0.490 e. The van der Waals surface area contributed by atoms with E-state index in [-0.39, 0.29) is 4.90 Å². The van der Waals surface area contributed by atoms with Crippen molar-refractivity contribution < 1.29 is 31.5 Å². The van der Waals surface area contributed by atoms with Crippen LogP contribution < -0.4 is 10.0 Å². The lowest BCUT2D eigenvalue weighted by molar-refractivity contribution is -0.192. The summed E-state index contributed by atoms with van der Waals surface area (Å²) in [5.74, 6) is -2.76. The standard InChI is InChI=1S/C20H21N5O2S2.C2HF3O2/c1-25(2)10-9-23-29(26,27)15-4-5-17-16(12-15)18(7-8-21-17)24-14-3-6-20-19(11-14)22-13-28-20;3-2(4,5)1(6)7/h3-8,11-13,23H,9-10H2,1-2H3,(H,21,24);(H,6,7). The van der Waals surface area contributed by atoms with Crippen LogP contribution in [0.3, 0.4) is 0 Å². The molecular weight excluding hydrogens is 519 g/mol. The van der Waals surface area contributed by atoms with E-state index < -0.39 is 22.2 Å². The number of likely N-dealkylation sites (N-methyl/N-ethyl adjacent to an activating group) is 1. The summed E-state index contributed by atoms with van der Waals surface area (Å²) >= 11 is 1.59. The minimum absolute atomic E-state index is 0.217. The second-order valence-electron chi connectivity index (χ2n) is 7.70. The van der Waals surface area contributed by atoms with Gasteiger partial charge in [0.2, 0.25) is 10.0 Å². The maximum atomic E-state index is 12.7. The molecule has 0 atom stereocenters. The summed E-state index contributed by atoms with van der Waals surface area (Å²) in [6.45, 7) is 0.972. The van der Waals surface area contributed by atoms with Crippen LogP contribution in [-0.2, 0) is 14.8 Å². The van der Waals surface area contributed by atoms with E-state index in [9.17, 15) is 21.6 Å². The number of rotatable bonds is 7. The highest BCUT2D eigenvalue weighted by atomic mass is 32.2. The van der Waals surface area contributed by atoms with Crippen LogP contribution in [0, 0.1) is 0 Å². The third kappa shape index (κ3) is 7.10. The monoisotopic (exact) mass is 541 g/mol. The van der Waals surface area contributed by atoms with Crippen LogP contribution in [0.4, 0.5) is 24.5 Å². The highest BCUT2D eigenvalue weighted by Gasteiger charge is 2.38. The van der Waals surface area contributed by atoms with Gasteiger partial charge in [0.1, 0.15) is 0 Å². The van der Waals surface area contributed by atoms with Gasteiger partial charge in [-0.2, -0.15) is 13.2 Å². The Bertz CT molecular complexity index is 1470. The number of sulfonamides is 1. The van der Waals surface area contributed by atoms with Gasteiger partial charge in [0.05, 0.1) is 26.1 Å². The van der Waals surface area contributed by atoms with Crippen LogP contribution in [0.5, 0.6) is 0 Å². The molecule has 0 aliphatic rings. The number of aromatic nitrogens is 2. The highest BCUT2D eigenvalue weighted by Crippen LogP contribution is 2.29. The van der Waals surface area contributed by atoms with Gasteiger partial charge in [-0.25, -0.2) is 22.9 Å². The molecule has 0 aliphatic heterocycles. The number of aliphatic carboxylic acids is 1. The molecule has 0 fully saturated rings. The maximum absolute atomic E-state index is 12.7. The second kappa shape index (κ2) is 11.2. The smallest absolute Gasteiger partial charge is 0.475 e. The second-order valence-corrected chi connectivity index (χ2v) is 10.4. The number of nitrogens with one attached hydrogen (secondary N) is 2. The Hall–Kier alpha value is -3.33. The minimum Gasteiger partial charge on any atom is -0.475 e. The fourth-order valence-electron chi connectivity index (χ4n) is 2.98. The van der Waals surface area contributed by atoms with E-state index in [1.807, 2.05) is 48.8 Å². The van der Waals surface area contributed by atoms with Gasteiger partial charge in [-0.05, 0) is 56.6 Å². The van der Waals surface area contributed by atoms with Crippen LogP contribution in [0.1, 0.15) is 0 Å². The third-order valence-electron chi connectivity index (χ3n) is 4.73. The predicted octanol–water partition coefficient (Wildman–Crippen LogP) is 4.06. The molecule has 2 aromatic carbocycles. The molecule has 14 heteroatoms. The van der Waals surface area contributed by atoms with E-state index >= 15 is 0 Å². The number of alkyl halides is 3. The number of halogens is 3. The average Bonchev–Trinajstić information content (AvgIpc) is 3.26. The Labute approximate surface area is 208 Å². The van der Waals surface area contributed by atoms with E-state index in [1.54, 1.807) is 35.7 Å². The first-order chi connectivity index (χ1) is 16.9. The number of hydrogen-bond donors (Lipinski definition) is 3. The summed E-state index contributed by atoms with van der Waals surface area (Å²) in [6.07, 6.45) is -3.38. The molecule has 36 heavy (non-hydrogen) atoms. The number of anilines is 2. The molecule has 0 saturated carbocycles. The lowest BCUT2D eigenvalue weighted by Crippen LogP contribution is -2.31. The van der Waals surface area contributed by atoms with E-state index in [1.165, 1.54) is 0 Å². The zero-order chi connectivity index (χ0) is 26.5. The van der Waals surface area contributed by atoms with Crippen molar-refractivity contribution in [3.63, 3.8) is 0 Å². The van der Waals surface area contributed by atoms with Crippen molar-refractivity contribution in [3.05, 3.63) is 54.2 Å². The Morgan fingerprint density at radius 1 is 1.08 bits per heavy atom. The molecule has 0 spiro atoms. The number of pyridine rings is 1. The molecule has 0 amide bonds.